The number of para-hydroxylation sites is 1. The van der Waals surface area contributed by atoms with E-state index in [0.29, 0.717) is 12.4 Å². The predicted octanol–water partition coefficient (Wildman–Crippen LogP) is 3.12. The molecule has 0 aliphatic heterocycles. The van der Waals surface area contributed by atoms with Gasteiger partial charge >= 0.3 is 5.97 Å². The van der Waals surface area contributed by atoms with Crippen molar-refractivity contribution in [2.45, 2.75) is 19.9 Å². The van der Waals surface area contributed by atoms with Crippen LogP contribution < -0.4 is 10.1 Å². The molecule has 0 amide bonds. The molecule has 1 aromatic carbocycles. The van der Waals surface area contributed by atoms with Crippen LogP contribution in [0.2, 0.25) is 0 Å². The smallest absolute Gasteiger partial charge is 0.328 e. The number of esters is 1. The lowest BCUT2D eigenvalue weighted by Crippen LogP contribution is -2.28. The van der Waals surface area contributed by atoms with Crippen LogP contribution in [0.15, 0.2) is 42.6 Å². The Morgan fingerprint density at radius 1 is 1.27 bits per heavy atom. The van der Waals surface area contributed by atoms with Gasteiger partial charge in [0.25, 0.3) is 0 Å². The molecule has 2 aromatic rings. The minimum atomic E-state index is -0.440. The van der Waals surface area contributed by atoms with E-state index in [-0.39, 0.29) is 5.97 Å². The molecule has 5 nitrogen and oxygen atoms in total. The Morgan fingerprint density at radius 2 is 2.05 bits per heavy atom. The van der Waals surface area contributed by atoms with Gasteiger partial charge in [0.05, 0.1) is 13.7 Å². The molecule has 0 bridgehead atoms. The first-order valence-corrected chi connectivity index (χ1v) is 7.18. The number of ether oxygens (including phenoxy) is 2. The molecule has 2 rings (SSSR count). The lowest BCUT2D eigenvalue weighted by molar-refractivity contribution is -0.143. The van der Waals surface area contributed by atoms with Gasteiger partial charge in [-0.1, -0.05) is 18.2 Å². The van der Waals surface area contributed by atoms with Crippen molar-refractivity contribution in [3.63, 3.8) is 0 Å². The van der Waals surface area contributed by atoms with E-state index in [1.807, 2.05) is 36.4 Å². The minimum Gasteiger partial charge on any atom is -0.496 e. The molecule has 22 heavy (non-hydrogen) atoms. The fourth-order valence-corrected chi connectivity index (χ4v) is 2.07. The number of nitrogens with one attached hydrogen (secondary N) is 1. The van der Waals surface area contributed by atoms with E-state index in [0.717, 1.165) is 16.9 Å². The maximum absolute atomic E-state index is 11.6. The number of benzene rings is 1. The summed E-state index contributed by atoms with van der Waals surface area (Å²) < 4.78 is 10.3. The molecule has 1 aromatic heterocycles. The van der Waals surface area contributed by atoms with E-state index in [1.165, 1.54) is 0 Å². The quantitative estimate of drug-likeness (QED) is 0.831. The number of anilines is 1. The fraction of sp³-hybridized carbons (Fsp3) is 0.294. The Bertz CT molecular complexity index is 626. The standard InChI is InChI=1S/C17H20N2O3/c1-4-22-17(20)12(2)19-16-10-9-13(11-18-16)14-7-5-6-8-15(14)21-3/h5-12H,4H2,1-3H3,(H,18,19)/t12-/m0/s1. The highest BCUT2D eigenvalue weighted by Crippen LogP contribution is 2.29. The minimum absolute atomic E-state index is 0.293. The summed E-state index contributed by atoms with van der Waals surface area (Å²) in [6.45, 7) is 3.89. The Balaban J connectivity index is 2.12. The van der Waals surface area contributed by atoms with Crippen molar-refractivity contribution in [2.24, 2.45) is 0 Å². The van der Waals surface area contributed by atoms with Crippen molar-refractivity contribution in [2.75, 3.05) is 19.0 Å². The summed E-state index contributed by atoms with van der Waals surface area (Å²) in [4.78, 5) is 15.9. The normalized spacial score (nSPS) is 11.6. The second-order valence-corrected chi connectivity index (χ2v) is 4.75. The van der Waals surface area contributed by atoms with Gasteiger partial charge in [-0.2, -0.15) is 0 Å². The molecule has 0 saturated heterocycles. The zero-order valence-electron chi connectivity index (χ0n) is 13.0. The monoisotopic (exact) mass is 300 g/mol. The summed E-state index contributed by atoms with van der Waals surface area (Å²) >= 11 is 0. The number of methoxy groups -OCH3 is 1. The summed E-state index contributed by atoms with van der Waals surface area (Å²) in [5, 5.41) is 3.02. The van der Waals surface area contributed by atoms with E-state index < -0.39 is 6.04 Å². The van der Waals surface area contributed by atoms with Crippen molar-refractivity contribution in [3.05, 3.63) is 42.6 Å². The van der Waals surface area contributed by atoms with Gasteiger partial charge in [0.2, 0.25) is 0 Å². The molecule has 0 spiro atoms. The highest BCUT2D eigenvalue weighted by atomic mass is 16.5. The number of hydrogen-bond donors (Lipinski definition) is 1. The van der Waals surface area contributed by atoms with E-state index in [9.17, 15) is 4.79 Å². The van der Waals surface area contributed by atoms with Crippen LogP contribution in [-0.4, -0.2) is 30.7 Å². The number of aromatic nitrogens is 1. The van der Waals surface area contributed by atoms with Gasteiger partial charge < -0.3 is 14.8 Å². The molecule has 5 heteroatoms. The average Bonchev–Trinajstić information content (AvgIpc) is 2.55. The van der Waals surface area contributed by atoms with E-state index in [2.05, 4.69) is 10.3 Å². The SMILES string of the molecule is CCOC(=O)[C@H](C)Nc1ccc(-c2ccccc2OC)cn1. The second kappa shape index (κ2) is 7.45. The van der Waals surface area contributed by atoms with Crippen LogP contribution in [0, 0.1) is 0 Å². The Morgan fingerprint density at radius 3 is 2.68 bits per heavy atom. The van der Waals surface area contributed by atoms with Gasteiger partial charge in [0, 0.05) is 17.3 Å². The molecular formula is C17H20N2O3. The molecular weight excluding hydrogens is 280 g/mol. The van der Waals surface area contributed by atoms with Crippen LogP contribution in [0.5, 0.6) is 5.75 Å². The number of hydrogen-bond acceptors (Lipinski definition) is 5. The molecule has 116 valence electrons. The van der Waals surface area contributed by atoms with Gasteiger partial charge in [-0.15, -0.1) is 0 Å². The number of pyridine rings is 1. The number of nitrogens with zero attached hydrogens (tertiary/aromatic N) is 1. The lowest BCUT2D eigenvalue weighted by atomic mass is 10.1. The first-order chi connectivity index (χ1) is 10.7. The first kappa shape index (κ1) is 15.8. The lowest BCUT2D eigenvalue weighted by Gasteiger charge is -2.13. The third-order valence-corrected chi connectivity index (χ3v) is 3.19. The topological polar surface area (TPSA) is 60.5 Å². The molecule has 0 aliphatic rings. The van der Waals surface area contributed by atoms with Gasteiger partial charge in [-0.05, 0) is 32.0 Å². The highest BCUT2D eigenvalue weighted by Gasteiger charge is 2.14. The first-order valence-electron chi connectivity index (χ1n) is 7.18. The number of carbonyl (C=O) groups excluding carboxylic acids is 1. The Kier molecular flexibility index (Phi) is 5.36. The van der Waals surface area contributed by atoms with Crippen molar-refractivity contribution < 1.29 is 14.3 Å². The maximum Gasteiger partial charge on any atom is 0.328 e. The summed E-state index contributed by atoms with van der Waals surface area (Å²) in [6.07, 6.45) is 1.75. The largest absolute Gasteiger partial charge is 0.496 e. The summed E-state index contributed by atoms with van der Waals surface area (Å²) in [5.74, 6) is 1.13. The third kappa shape index (κ3) is 3.75. The zero-order valence-corrected chi connectivity index (χ0v) is 13.0. The molecule has 0 aliphatic carbocycles. The molecule has 0 fully saturated rings. The highest BCUT2D eigenvalue weighted by molar-refractivity contribution is 5.78. The average molecular weight is 300 g/mol. The van der Waals surface area contributed by atoms with Crippen LogP contribution >= 0.6 is 0 Å². The van der Waals surface area contributed by atoms with Crippen molar-refractivity contribution in [3.8, 4) is 16.9 Å². The van der Waals surface area contributed by atoms with Gasteiger partial charge in [-0.3, -0.25) is 0 Å². The van der Waals surface area contributed by atoms with Crippen LogP contribution in [-0.2, 0) is 9.53 Å². The molecule has 0 saturated carbocycles. The molecule has 0 radical (unpaired) electrons. The Labute approximate surface area is 130 Å². The molecule has 1 atom stereocenters. The molecule has 1 N–H and O–H groups in total. The van der Waals surface area contributed by atoms with Gasteiger partial charge in [0.15, 0.2) is 0 Å². The molecule has 1 heterocycles. The van der Waals surface area contributed by atoms with E-state index >= 15 is 0 Å². The van der Waals surface area contributed by atoms with Crippen LogP contribution in [0.3, 0.4) is 0 Å². The van der Waals surface area contributed by atoms with Crippen LogP contribution in [0.25, 0.3) is 11.1 Å². The molecule has 0 unspecified atom stereocenters. The van der Waals surface area contributed by atoms with Gasteiger partial charge in [-0.25, -0.2) is 9.78 Å². The fourth-order valence-electron chi connectivity index (χ4n) is 2.07. The van der Waals surface area contributed by atoms with Crippen molar-refractivity contribution in [1.29, 1.82) is 0 Å². The number of rotatable bonds is 6. The van der Waals surface area contributed by atoms with E-state index in [4.69, 9.17) is 9.47 Å². The predicted molar refractivity (Wildman–Crippen MR) is 85.9 cm³/mol. The van der Waals surface area contributed by atoms with Crippen LogP contribution in [0.1, 0.15) is 13.8 Å². The number of carbonyl (C=O) groups is 1. The maximum atomic E-state index is 11.6. The third-order valence-electron chi connectivity index (χ3n) is 3.19. The Hall–Kier alpha value is -2.56. The summed E-state index contributed by atoms with van der Waals surface area (Å²) in [6, 6.07) is 11.1. The van der Waals surface area contributed by atoms with Gasteiger partial charge in [0.1, 0.15) is 17.6 Å². The van der Waals surface area contributed by atoms with Crippen molar-refractivity contribution >= 4 is 11.8 Å². The zero-order chi connectivity index (χ0) is 15.9. The summed E-state index contributed by atoms with van der Waals surface area (Å²) in [5.41, 5.74) is 1.93. The van der Waals surface area contributed by atoms with Crippen LogP contribution in [0.4, 0.5) is 5.82 Å². The van der Waals surface area contributed by atoms with E-state index in [1.54, 1.807) is 27.2 Å². The van der Waals surface area contributed by atoms with Crippen molar-refractivity contribution in [1.82, 2.24) is 4.98 Å². The summed E-state index contributed by atoms with van der Waals surface area (Å²) in [7, 11) is 1.64. The second-order valence-electron chi connectivity index (χ2n) is 4.75.